The van der Waals surface area contributed by atoms with Crippen LogP contribution in [-0.2, 0) is 17.8 Å². The first-order valence-corrected chi connectivity index (χ1v) is 6.12. The molecule has 1 fully saturated rings. The summed E-state index contributed by atoms with van der Waals surface area (Å²) in [5.41, 5.74) is 0.963. The number of nitrogens with one attached hydrogen (secondary N) is 2. The van der Waals surface area contributed by atoms with Crippen LogP contribution in [0.3, 0.4) is 0 Å². The summed E-state index contributed by atoms with van der Waals surface area (Å²) in [4.78, 5) is 15.9. The van der Waals surface area contributed by atoms with E-state index in [0.717, 1.165) is 30.1 Å². The average Bonchev–Trinajstić information content (AvgIpc) is 2.59. The van der Waals surface area contributed by atoms with Crippen molar-refractivity contribution in [1.82, 2.24) is 15.6 Å². The lowest BCUT2D eigenvalue weighted by Gasteiger charge is -2.25. The Balaban J connectivity index is 1.79. The third-order valence-electron chi connectivity index (χ3n) is 2.49. The molecule has 1 aromatic rings. The number of carbonyl (C=O) groups excluding carboxylic acids is 1. The number of rotatable bonds is 4. The number of aryl methyl sites for hydroxylation is 1. The Kier molecular flexibility index (Phi) is 3.33. The Bertz CT molecular complexity index is 346. The number of carbonyl (C=O) groups is 1. The van der Waals surface area contributed by atoms with Gasteiger partial charge in [0.15, 0.2) is 0 Å². The minimum Gasteiger partial charge on any atom is -0.349 e. The molecule has 0 aromatic carbocycles. The van der Waals surface area contributed by atoms with E-state index in [-0.39, 0.29) is 11.9 Å². The SMILES string of the molecule is CCc1nc(CNC(=O)C2CCN2)cs1. The number of thiazole rings is 1. The summed E-state index contributed by atoms with van der Waals surface area (Å²) in [6.45, 7) is 3.59. The highest BCUT2D eigenvalue weighted by molar-refractivity contribution is 7.09. The molecule has 0 saturated carbocycles. The van der Waals surface area contributed by atoms with E-state index in [0.29, 0.717) is 6.54 Å². The average molecular weight is 225 g/mol. The summed E-state index contributed by atoms with van der Waals surface area (Å²) in [7, 11) is 0. The molecule has 5 heteroatoms. The fourth-order valence-electron chi connectivity index (χ4n) is 1.41. The van der Waals surface area contributed by atoms with Crippen molar-refractivity contribution < 1.29 is 4.79 Å². The van der Waals surface area contributed by atoms with E-state index in [1.54, 1.807) is 11.3 Å². The van der Waals surface area contributed by atoms with Crippen molar-refractivity contribution in [2.75, 3.05) is 6.54 Å². The lowest BCUT2D eigenvalue weighted by molar-refractivity contribution is -0.124. The van der Waals surface area contributed by atoms with E-state index in [1.165, 1.54) is 0 Å². The van der Waals surface area contributed by atoms with Gasteiger partial charge in [-0.2, -0.15) is 0 Å². The van der Waals surface area contributed by atoms with Gasteiger partial charge in [0, 0.05) is 5.38 Å². The third kappa shape index (κ3) is 2.54. The molecule has 0 bridgehead atoms. The van der Waals surface area contributed by atoms with Gasteiger partial charge in [-0.25, -0.2) is 4.98 Å². The smallest absolute Gasteiger partial charge is 0.237 e. The summed E-state index contributed by atoms with van der Waals surface area (Å²) < 4.78 is 0. The molecule has 1 atom stereocenters. The van der Waals surface area contributed by atoms with Gasteiger partial charge >= 0.3 is 0 Å². The molecular formula is C10H15N3OS. The normalized spacial score (nSPS) is 19.7. The maximum atomic E-state index is 11.5. The Morgan fingerprint density at radius 3 is 3.13 bits per heavy atom. The Labute approximate surface area is 93.1 Å². The predicted molar refractivity (Wildman–Crippen MR) is 59.7 cm³/mol. The highest BCUT2D eigenvalue weighted by atomic mass is 32.1. The van der Waals surface area contributed by atoms with Crippen LogP contribution in [0.5, 0.6) is 0 Å². The Morgan fingerprint density at radius 2 is 2.60 bits per heavy atom. The number of amides is 1. The zero-order chi connectivity index (χ0) is 10.7. The van der Waals surface area contributed by atoms with Crippen LogP contribution in [0.1, 0.15) is 24.0 Å². The van der Waals surface area contributed by atoms with Gasteiger partial charge in [0.05, 0.1) is 23.3 Å². The highest BCUT2D eigenvalue weighted by Gasteiger charge is 2.23. The first kappa shape index (κ1) is 10.6. The number of hydrogen-bond acceptors (Lipinski definition) is 4. The van der Waals surface area contributed by atoms with Crippen molar-refractivity contribution in [3.63, 3.8) is 0 Å². The maximum absolute atomic E-state index is 11.5. The standard InChI is InChI=1S/C10H15N3OS/c1-2-9-13-7(6-15-9)5-12-10(14)8-3-4-11-8/h6,8,11H,2-5H2,1H3,(H,12,14). The topological polar surface area (TPSA) is 54.0 Å². The van der Waals surface area contributed by atoms with Gasteiger partial charge in [-0.3, -0.25) is 4.79 Å². The van der Waals surface area contributed by atoms with Crippen LogP contribution in [0.4, 0.5) is 0 Å². The zero-order valence-electron chi connectivity index (χ0n) is 8.75. The minimum atomic E-state index is 0.0225. The van der Waals surface area contributed by atoms with Crippen molar-refractivity contribution in [3.05, 3.63) is 16.1 Å². The van der Waals surface area contributed by atoms with E-state index in [9.17, 15) is 4.79 Å². The van der Waals surface area contributed by atoms with Crippen LogP contribution < -0.4 is 10.6 Å². The van der Waals surface area contributed by atoms with Crippen molar-refractivity contribution in [1.29, 1.82) is 0 Å². The molecule has 1 aliphatic heterocycles. The molecule has 2 N–H and O–H groups in total. The van der Waals surface area contributed by atoms with E-state index < -0.39 is 0 Å². The summed E-state index contributed by atoms with van der Waals surface area (Å²) in [5.74, 6) is 0.0901. The van der Waals surface area contributed by atoms with Gasteiger partial charge in [0.1, 0.15) is 0 Å². The van der Waals surface area contributed by atoms with Gasteiger partial charge in [-0.15, -0.1) is 11.3 Å². The van der Waals surface area contributed by atoms with Gasteiger partial charge in [-0.05, 0) is 19.4 Å². The molecule has 0 aliphatic carbocycles. The zero-order valence-corrected chi connectivity index (χ0v) is 9.56. The van der Waals surface area contributed by atoms with Crippen LogP contribution in [0.25, 0.3) is 0 Å². The summed E-state index contributed by atoms with van der Waals surface area (Å²) in [6, 6.07) is 0.0225. The van der Waals surface area contributed by atoms with E-state index >= 15 is 0 Å². The fraction of sp³-hybridized carbons (Fsp3) is 0.600. The third-order valence-corrected chi connectivity index (χ3v) is 3.53. The van der Waals surface area contributed by atoms with Gasteiger partial charge < -0.3 is 10.6 Å². The molecule has 0 spiro atoms. The van der Waals surface area contributed by atoms with Crippen LogP contribution in [0.15, 0.2) is 5.38 Å². The maximum Gasteiger partial charge on any atom is 0.237 e. The fourth-order valence-corrected chi connectivity index (χ4v) is 2.15. The molecule has 4 nitrogen and oxygen atoms in total. The summed E-state index contributed by atoms with van der Waals surface area (Å²) in [5, 5.41) is 9.08. The quantitative estimate of drug-likeness (QED) is 0.792. The van der Waals surface area contributed by atoms with Crippen LogP contribution in [0.2, 0.25) is 0 Å². The largest absolute Gasteiger partial charge is 0.349 e. The lowest BCUT2D eigenvalue weighted by atomic mass is 10.1. The monoisotopic (exact) mass is 225 g/mol. The Hall–Kier alpha value is -0.940. The Morgan fingerprint density at radius 1 is 1.80 bits per heavy atom. The molecule has 1 saturated heterocycles. The second kappa shape index (κ2) is 4.72. The van der Waals surface area contributed by atoms with Gasteiger partial charge in [0.2, 0.25) is 5.91 Å². The molecule has 82 valence electrons. The molecule has 15 heavy (non-hydrogen) atoms. The highest BCUT2D eigenvalue weighted by Crippen LogP contribution is 2.10. The molecule has 1 aliphatic rings. The molecule has 2 heterocycles. The van der Waals surface area contributed by atoms with Crippen molar-refractivity contribution in [2.45, 2.75) is 32.4 Å². The predicted octanol–water partition coefficient (Wildman–Crippen LogP) is 0.684. The van der Waals surface area contributed by atoms with Gasteiger partial charge in [0.25, 0.3) is 0 Å². The lowest BCUT2D eigenvalue weighted by Crippen LogP contribution is -2.52. The second-order valence-electron chi connectivity index (χ2n) is 3.60. The number of hydrogen-bond donors (Lipinski definition) is 2. The minimum absolute atomic E-state index is 0.0225. The van der Waals surface area contributed by atoms with E-state index in [1.807, 2.05) is 5.38 Å². The first-order valence-electron chi connectivity index (χ1n) is 5.24. The second-order valence-corrected chi connectivity index (χ2v) is 4.54. The summed E-state index contributed by atoms with van der Waals surface area (Å²) >= 11 is 1.65. The molecule has 0 radical (unpaired) electrons. The molecule has 2 rings (SSSR count). The number of nitrogens with zero attached hydrogens (tertiary/aromatic N) is 1. The molecule has 1 aromatic heterocycles. The first-order chi connectivity index (χ1) is 7.29. The van der Waals surface area contributed by atoms with E-state index in [4.69, 9.17) is 0 Å². The van der Waals surface area contributed by atoms with Crippen molar-refractivity contribution in [2.24, 2.45) is 0 Å². The van der Waals surface area contributed by atoms with Crippen molar-refractivity contribution >= 4 is 17.2 Å². The van der Waals surface area contributed by atoms with Gasteiger partial charge in [-0.1, -0.05) is 6.92 Å². The molecular weight excluding hydrogens is 210 g/mol. The van der Waals surface area contributed by atoms with E-state index in [2.05, 4.69) is 22.5 Å². The van der Waals surface area contributed by atoms with Crippen molar-refractivity contribution in [3.8, 4) is 0 Å². The molecule has 1 unspecified atom stereocenters. The van der Waals surface area contributed by atoms with Crippen LogP contribution in [-0.4, -0.2) is 23.5 Å². The van der Waals surface area contributed by atoms with Crippen LogP contribution >= 0.6 is 11.3 Å². The summed E-state index contributed by atoms with van der Waals surface area (Å²) in [6.07, 6.45) is 1.91. The van der Waals surface area contributed by atoms with Crippen LogP contribution in [0, 0.1) is 0 Å². The number of aromatic nitrogens is 1. The molecule has 1 amide bonds.